The molecule has 0 N–H and O–H groups in total. The van der Waals surface area contributed by atoms with Gasteiger partial charge in [0.15, 0.2) is 0 Å². The molecule has 0 unspecified atom stereocenters. The molecule has 0 aliphatic carbocycles. The summed E-state index contributed by atoms with van der Waals surface area (Å²) in [6.45, 7) is 4.27. The van der Waals surface area contributed by atoms with E-state index < -0.39 is 0 Å². The van der Waals surface area contributed by atoms with E-state index in [1.54, 1.807) is 0 Å². The van der Waals surface area contributed by atoms with Crippen molar-refractivity contribution in [2.45, 2.75) is 33.1 Å². The number of hydrogen-bond donors (Lipinski definition) is 0. The summed E-state index contributed by atoms with van der Waals surface area (Å²) in [5.41, 5.74) is 3.35. The van der Waals surface area contributed by atoms with Crippen LogP contribution in [0.25, 0.3) is 0 Å². The second kappa shape index (κ2) is 4.67. The predicted molar refractivity (Wildman–Crippen MR) is 54.5 cm³/mol. The maximum Gasteiger partial charge on any atom is 0.0991 e. The Morgan fingerprint density at radius 1 is 1.15 bits per heavy atom. The molecule has 1 rings (SSSR count). The lowest BCUT2D eigenvalue weighted by Gasteiger charge is -2.03. The first-order valence-corrected chi connectivity index (χ1v) is 4.83. The molecule has 0 fully saturated rings. The fourth-order valence-corrected chi connectivity index (χ4v) is 1.46. The molecule has 1 aromatic carbocycles. The zero-order valence-electron chi connectivity index (χ0n) is 8.30. The van der Waals surface area contributed by atoms with Gasteiger partial charge < -0.3 is 0 Å². The highest BCUT2D eigenvalue weighted by Crippen LogP contribution is 2.12. The molecule has 0 aliphatic rings. The zero-order chi connectivity index (χ0) is 9.68. The van der Waals surface area contributed by atoms with Crippen LogP contribution in [0.3, 0.4) is 0 Å². The first kappa shape index (κ1) is 9.80. The summed E-state index contributed by atoms with van der Waals surface area (Å²) in [6, 6.07) is 8.36. The van der Waals surface area contributed by atoms with Crippen molar-refractivity contribution in [3.63, 3.8) is 0 Å². The third-order valence-electron chi connectivity index (χ3n) is 2.13. The molecular weight excluding hydrogens is 158 g/mol. The molecule has 0 aliphatic heterocycles. The Morgan fingerprint density at radius 2 is 1.85 bits per heavy atom. The third kappa shape index (κ3) is 2.59. The van der Waals surface area contributed by atoms with E-state index >= 15 is 0 Å². The van der Waals surface area contributed by atoms with Gasteiger partial charge in [-0.05, 0) is 36.1 Å². The molecule has 1 heteroatoms. The average molecular weight is 173 g/mol. The van der Waals surface area contributed by atoms with Crippen molar-refractivity contribution in [3.05, 3.63) is 34.9 Å². The predicted octanol–water partition coefficient (Wildman–Crippen LogP) is 3.07. The molecule has 0 saturated carbocycles. The van der Waals surface area contributed by atoms with Gasteiger partial charge in [0.2, 0.25) is 0 Å². The maximum absolute atomic E-state index is 8.80. The van der Waals surface area contributed by atoms with Gasteiger partial charge >= 0.3 is 0 Å². The molecule has 0 bridgehead atoms. The summed E-state index contributed by atoms with van der Waals surface area (Å²) < 4.78 is 0. The molecule has 0 saturated heterocycles. The molecule has 0 amide bonds. The minimum atomic E-state index is 0.794. The van der Waals surface area contributed by atoms with Crippen LogP contribution in [0, 0.1) is 11.3 Å². The summed E-state index contributed by atoms with van der Waals surface area (Å²) in [7, 11) is 0. The molecule has 0 aromatic heterocycles. The number of hydrogen-bond acceptors (Lipinski definition) is 1. The Kier molecular flexibility index (Phi) is 3.52. The lowest BCUT2D eigenvalue weighted by atomic mass is 10.0. The molecule has 0 heterocycles. The summed E-state index contributed by atoms with van der Waals surface area (Å²) in [5.74, 6) is 0. The molecule has 0 radical (unpaired) electrons. The van der Waals surface area contributed by atoms with Crippen LogP contribution in [0.4, 0.5) is 0 Å². The molecule has 68 valence electrons. The smallest absolute Gasteiger partial charge is 0.0991 e. The quantitative estimate of drug-likeness (QED) is 0.689. The van der Waals surface area contributed by atoms with Gasteiger partial charge in [-0.2, -0.15) is 5.26 Å². The van der Waals surface area contributed by atoms with E-state index in [2.05, 4.69) is 26.0 Å². The van der Waals surface area contributed by atoms with Crippen molar-refractivity contribution in [1.29, 1.82) is 5.26 Å². The first-order chi connectivity index (χ1) is 6.30. The Morgan fingerprint density at radius 3 is 2.38 bits per heavy atom. The Balaban J connectivity index is 3.01. The fraction of sp³-hybridized carbons (Fsp3) is 0.417. The third-order valence-corrected chi connectivity index (χ3v) is 2.13. The number of aryl methyl sites for hydroxylation is 2. The highest BCUT2D eigenvalue weighted by molar-refractivity contribution is 5.37. The van der Waals surface area contributed by atoms with Gasteiger partial charge in [-0.15, -0.1) is 0 Å². The minimum Gasteiger partial charge on any atom is -0.192 e. The van der Waals surface area contributed by atoms with Crippen LogP contribution in [0.15, 0.2) is 18.2 Å². The van der Waals surface area contributed by atoms with Crippen LogP contribution in [-0.2, 0) is 12.8 Å². The van der Waals surface area contributed by atoms with Crippen molar-refractivity contribution in [2.24, 2.45) is 0 Å². The number of rotatable bonds is 3. The van der Waals surface area contributed by atoms with Gasteiger partial charge in [0, 0.05) is 0 Å². The minimum absolute atomic E-state index is 0.794. The molecule has 1 aromatic rings. The monoisotopic (exact) mass is 173 g/mol. The Hall–Kier alpha value is -1.29. The highest BCUT2D eigenvalue weighted by Gasteiger charge is 1.98. The lowest BCUT2D eigenvalue weighted by molar-refractivity contribution is 0.916. The van der Waals surface area contributed by atoms with E-state index in [0.717, 1.165) is 24.8 Å². The lowest BCUT2D eigenvalue weighted by Crippen LogP contribution is -1.89. The largest absolute Gasteiger partial charge is 0.192 e. The van der Waals surface area contributed by atoms with Gasteiger partial charge in [0.05, 0.1) is 11.6 Å². The van der Waals surface area contributed by atoms with Gasteiger partial charge in [0.25, 0.3) is 0 Å². The van der Waals surface area contributed by atoms with Crippen LogP contribution >= 0.6 is 0 Å². The van der Waals surface area contributed by atoms with Crippen molar-refractivity contribution >= 4 is 0 Å². The van der Waals surface area contributed by atoms with Gasteiger partial charge in [0.1, 0.15) is 0 Å². The second-order valence-electron chi connectivity index (χ2n) is 3.25. The first-order valence-electron chi connectivity index (χ1n) is 4.83. The summed E-state index contributed by atoms with van der Waals surface area (Å²) >= 11 is 0. The van der Waals surface area contributed by atoms with Crippen molar-refractivity contribution in [2.75, 3.05) is 0 Å². The van der Waals surface area contributed by atoms with Gasteiger partial charge in [-0.1, -0.05) is 26.3 Å². The molecule has 13 heavy (non-hydrogen) atoms. The van der Waals surface area contributed by atoms with E-state index in [1.165, 1.54) is 11.1 Å². The number of benzene rings is 1. The van der Waals surface area contributed by atoms with E-state index in [-0.39, 0.29) is 0 Å². The van der Waals surface area contributed by atoms with Crippen LogP contribution in [0.5, 0.6) is 0 Å². The fourth-order valence-electron chi connectivity index (χ4n) is 1.46. The van der Waals surface area contributed by atoms with Crippen LogP contribution in [-0.4, -0.2) is 0 Å². The van der Waals surface area contributed by atoms with Crippen LogP contribution < -0.4 is 0 Å². The maximum atomic E-state index is 8.80. The van der Waals surface area contributed by atoms with Gasteiger partial charge in [-0.3, -0.25) is 0 Å². The van der Waals surface area contributed by atoms with E-state index in [1.807, 2.05) is 12.1 Å². The highest BCUT2D eigenvalue weighted by atomic mass is 14.2. The van der Waals surface area contributed by atoms with E-state index in [4.69, 9.17) is 5.26 Å². The molecule has 0 atom stereocenters. The van der Waals surface area contributed by atoms with E-state index in [9.17, 15) is 0 Å². The summed E-state index contributed by atoms with van der Waals surface area (Å²) in [5, 5.41) is 8.80. The molecular formula is C12H15N. The SMILES string of the molecule is CCCc1cc(C#N)cc(CC)c1. The molecule has 1 nitrogen and oxygen atoms in total. The van der Waals surface area contributed by atoms with Crippen molar-refractivity contribution in [1.82, 2.24) is 0 Å². The molecule has 0 spiro atoms. The second-order valence-corrected chi connectivity index (χ2v) is 3.25. The van der Waals surface area contributed by atoms with Gasteiger partial charge in [-0.25, -0.2) is 0 Å². The van der Waals surface area contributed by atoms with E-state index in [0.29, 0.717) is 0 Å². The summed E-state index contributed by atoms with van der Waals surface area (Å²) in [4.78, 5) is 0. The Bertz CT molecular complexity index is 320. The topological polar surface area (TPSA) is 23.8 Å². The van der Waals surface area contributed by atoms with Crippen LogP contribution in [0.2, 0.25) is 0 Å². The normalized spacial score (nSPS) is 9.62. The van der Waals surface area contributed by atoms with Crippen molar-refractivity contribution < 1.29 is 0 Å². The number of nitriles is 1. The average Bonchev–Trinajstić information content (AvgIpc) is 2.17. The van der Waals surface area contributed by atoms with Crippen molar-refractivity contribution in [3.8, 4) is 6.07 Å². The standard InChI is InChI=1S/C12H15N/c1-3-5-11-6-10(4-2)7-12(8-11)9-13/h6-8H,3-5H2,1-2H3. The number of nitrogens with zero attached hydrogens (tertiary/aromatic N) is 1. The Labute approximate surface area is 80.0 Å². The summed E-state index contributed by atoms with van der Waals surface area (Å²) in [6.07, 6.45) is 3.22. The van der Waals surface area contributed by atoms with Crippen LogP contribution in [0.1, 0.15) is 37.0 Å². The zero-order valence-corrected chi connectivity index (χ0v) is 8.30.